The summed E-state index contributed by atoms with van der Waals surface area (Å²) in [5.41, 5.74) is -5.77. The van der Waals surface area contributed by atoms with Gasteiger partial charge in [-0.05, 0) is 84.0 Å². The lowest BCUT2D eigenvalue weighted by atomic mass is 9.98. The minimum atomic E-state index is -5.99. The lowest BCUT2D eigenvalue weighted by Crippen LogP contribution is -2.56. The second-order valence-corrected chi connectivity index (χ2v) is 16.0. The zero-order valence-corrected chi connectivity index (χ0v) is 28.4. The highest BCUT2D eigenvalue weighted by atomic mass is 35.5. The Kier molecular flexibility index (Phi) is 11.0. The van der Waals surface area contributed by atoms with Gasteiger partial charge in [-0.3, -0.25) is 28.6 Å². The highest BCUT2D eigenvalue weighted by Crippen LogP contribution is 2.57. The van der Waals surface area contributed by atoms with E-state index in [4.69, 9.17) is 42.1 Å². The van der Waals surface area contributed by atoms with E-state index in [1.54, 1.807) is 12.1 Å². The van der Waals surface area contributed by atoms with E-state index in [2.05, 4.69) is 4.98 Å². The molecular weight excluding hydrogens is 674 g/mol. The number of carbonyl (C=O) groups excluding carboxylic acids is 2. The number of ether oxygens (including phenoxy) is 4. The van der Waals surface area contributed by atoms with Gasteiger partial charge < -0.3 is 19.3 Å². The monoisotopic (exact) mass is 706 g/mol. The summed E-state index contributed by atoms with van der Waals surface area (Å²) < 4.78 is 63.7. The summed E-state index contributed by atoms with van der Waals surface area (Å²) in [6, 6.07) is 10.2. The zero-order valence-electron chi connectivity index (χ0n) is 25.2. The Morgan fingerprint density at radius 1 is 0.867 bits per heavy atom. The Balaban J connectivity index is 2.34. The Bertz CT molecular complexity index is 1680. The highest BCUT2D eigenvalue weighted by Gasteiger charge is 2.61. The molecule has 2 N–H and O–H groups in total. The van der Waals surface area contributed by atoms with Crippen LogP contribution in [0.15, 0.2) is 59.6 Å². The maximum atomic E-state index is 14.5. The molecule has 0 aliphatic heterocycles. The number of rotatable bonds is 11. The first-order valence-electron chi connectivity index (χ1n) is 13.1. The van der Waals surface area contributed by atoms with E-state index < -0.39 is 64.5 Å². The molecule has 0 unspecified atom stereocenters. The first-order chi connectivity index (χ1) is 20.6. The van der Waals surface area contributed by atoms with Crippen LogP contribution in [0.3, 0.4) is 0 Å². The van der Waals surface area contributed by atoms with Gasteiger partial charge in [0.1, 0.15) is 0 Å². The molecule has 246 valence electrons. The van der Waals surface area contributed by atoms with Crippen molar-refractivity contribution in [1.82, 2.24) is 4.98 Å². The van der Waals surface area contributed by atoms with Crippen LogP contribution in [0.25, 0.3) is 10.9 Å². The Hall–Kier alpha value is -2.81. The second-order valence-electron chi connectivity index (χ2n) is 11.7. The molecule has 0 aliphatic carbocycles. The number of fused-ring (bicyclic) bond motifs is 1. The van der Waals surface area contributed by atoms with Crippen LogP contribution in [0.2, 0.25) is 10.0 Å². The van der Waals surface area contributed by atoms with Gasteiger partial charge in [-0.15, -0.1) is 0 Å². The first kappa shape index (κ1) is 36.7. The highest BCUT2D eigenvalue weighted by molar-refractivity contribution is 7.93. The summed E-state index contributed by atoms with van der Waals surface area (Å²) in [5.74, 6) is -1.71. The Morgan fingerprint density at radius 2 is 1.38 bits per heavy atom. The average molecular weight is 708 g/mol. The molecule has 0 saturated carbocycles. The van der Waals surface area contributed by atoms with Crippen molar-refractivity contribution in [3.8, 4) is 0 Å². The van der Waals surface area contributed by atoms with Gasteiger partial charge in [-0.25, -0.2) is 12.7 Å². The van der Waals surface area contributed by atoms with Gasteiger partial charge in [0, 0.05) is 21.6 Å². The molecule has 45 heavy (non-hydrogen) atoms. The number of sulfonamides is 1. The minimum Gasteiger partial charge on any atom is -0.438 e. The van der Waals surface area contributed by atoms with E-state index in [-0.39, 0.29) is 20.0 Å². The lowest BCUT2D eigenvalue weighted by molar-refractivity contribution is -0.253. The van der Waals surface area contributed by atoms with E-state index in [0.29, 0.717) is 10.9 Å². The number of hydrogen-bond donors (Lipinski definition) is 2. The summed E-state index contributed by atoms with van der Waals surface area (Å²) in [6.45, 7) is 6.66. The fourth-order valence-corrected chi connectivity index (χ4v) is 7.28. The van der Waals surface area contributed by atoms with Crippen molar-refractivity contribution >= 4 is 69.3 Å². The van der Waals surface area contributed by atoms with E-state index in [0.717, 1.165) is 12.1 Å². The van der Waals surface area contributed by atoms with Crippen LogP contribution in [0, 0.1) is 10.8 Å². The number of hydrogen-bond acceptors (Lipinski definition) is 10. The van der Waals surface area contributed by atoms with Crippen molar-refractivity contribution in [2.75, 3.05) is 17.9 Å². The predicted molar refractivity (Wildman–Crippen MR) is 166 cm³/mol. The molecule has 0 aliphatic rings. The second kappa shape index (κ2) is 13.5. The standard InChI is InChI=1S/C28H33Cl2N2O11PS/c1-26(2,3)24(33)40-16-42-28(44(35,36)37,43-17-41-25(34)27(4,5)6)32(21-9-10-23-18(12-21)8-7-11-31-23)45(38,39)22-14-19(29)13-20(30)15-22/h7-15H,16-17H2,1-6H3,(H2,35,36,37). The van der Waals surface area contributed by atoms with Gasteiger partial charge in [-0.1, -0.05) is 29.3 Å². The summed E-state index contributed by atoms with van der Waals surface area (Å²) in [7, 11) is -11.1. The van der Waals surface area contributed by atoms with Gasteiger partial charge in [0.2, 0.25) is 0 Å². The van der Waals surface area contributed by atoms with E-state index in [1.807, 2.05) is 0 Å². The average Bonchev–Trinajstić information content (AvgIpc) is 2.90. The molecule has 1 aromatic heterocycles. The Morgan fingerprint density at radius 3 is 1.84 bits per heavy atom. The first-order valence-corrected chi connectivity index (χ1v) is 16.9. The van der Waals surface area contributed by atoms with Crippen molar-refractivity contribution < 1.29 is 51.3 Å². The fourth-order valence-electron chi connectivity index (χ4n) is 3.62. The largest absolute Gasteiger partial charge is 0.438 e. The van der Waals surface area contributed by atoms with E-state index in [9.17, 15) is 32.4 Å². The molecule has 0 atom stereocenters. The molecule has 17 heteroatoms. The molecule has 0 fully saturated rings. The summed E-state index contributed by atoms with van der Waals surface area (Å²) in [5, 5.41) is 0.119. The maximum Gasteiger partial charge on any atom is 0.409 e. The van der Waals surface area contributed by atoms with Crippen LogP contribution in [0.4, 0.5) is 5.69 Å². The predicted octanol–water partition coefficient (Wildman–Crippen LogP) is 5.65. The summed E-state index contributed by atoms with van der Waals surface area (Å²) in [6.07, 6.45) is 1.49. The number of esters is 2. The molecule has 0 saturated heterocycles. The number of aromatic nitrogens is 1. The number of nitrogens with zero attached hydrogens (tertiary/aromatic N) is 2. The van der Waals surface area contributed by atoms with Gasteiger partial charge in [-0.2, -0.15) is 0 Å². The molecule has 0 radical (unpaired) electrons. The summed E-state index contributed by atoms with van der Waals surface area (Å²) >= 11 is 12.2. The molecule has 13 nitrogen and oxygen atoms in total. The van der Waals surface area contributed by atoms with Crippen LogP contribution in [0.5, 0.6) is 0 Å². The normalized spacial score (nSPS) is 13.0. The molecular formula is C28H33Cl2N2O11PS. The molecule has 3 rings (SSSR count). The van der Waals surface area contributed by atoms with Crippen LogP contribution >= 0.6 is 30.8 Å². The van der Waals surface area contributed by atoms with Crippen molar-refractivity contribution in [3.05, 3.63) is 64.8 Å². The van der Waals surface area contributed by atoms with E-state index >= 15 is 0 Å². The number of halogens is 2. The van der Waals surface area contributed by atoms with Gasteiger partial charge >= 0.3 is 25.2 Å². The number of benzene rings is 2. The molecule has 1 heterocycles. The smallest absolute Gasteiger partial charge is 0.409 e. The fraction of sp³-hybridized carbons (Fsp3) is 0.393. The third-order valence-electron chi connectivity index (χ3n) is 5.92. The van der Waals surface area contributed by atoms with Gasteiger partial charge in [0.15, 0.2) is 13.6 Å². The van der Waals surface area contributed by atoms with Gasteiger partial charge in [0.25, 0.3) is 10.0 Å². The molecule has 0 spiro atoms. The van der Waals surface area contributed by atoms with Crippen molar-refractivity contribution in [3.63, 3.8) is 0 Å². The van der Waals surface area contributed by atoms with Crippen molar-refractivity contribution in [2.24, 2.45) is 10.8 Å². The molecule has 3 aromatic rings. The summed E-state index contributed by atoms with van der Waals surface area (Å²) in [4.78, 5) is 50.3. The molecule has 2 aromatic carbocycles. The number of pyridine rings is 1. The minimum absolute atomic E-state index is 0.120. The van der Waals surface area contributed by atoms with Crippen molar-refractivity contribution in [2.45, 2.75) is 52.1 Å². The van der Waals surface area contributed by atoms with Crippen molar-refractivity contribution in [1.29, 1.82) is 0 Å². The van der Waals surface area contributed by atoms with Crippen LogP contribution < -0.4 is 4.31 Å². The number of anilines is 1. The van der Waals surface area contributed by atoms with Gasteiger partial charge in [0.05, 0.1) is 26.9 Å². The topological polar surface area (TPSA) is 179 Å². The maximum absolute atomic E-state index is 14.5. The quantitative estimate of drug-likeness (QED) is 0.142. The SMILES string of the molecule is CC(C)(C)C(=O)OCOC(OCOC(=O)C(C)(C)C)(N(c1ccc2ncccc2c1)S(=O)(=O)c1cc(Cl)cc(Cl)c1)P(=O)(O)O. The number of carbonyl (C=O) groups is 2. The Labute approximate surface area is 270 Å². The third-order valence-corrected chi connectivity index (χ3v) is 9.45. The third kappa shape index (κ3) is 8.52. The van der Waals surface area contributed by atoms with Crippen LogP contribution in [0.1, 0.15) is 41.5 Å². The zero-order chi connectivity index (χ0) is 34.0. The molecule has 0 amide bonds. The van der Waals surface area contributed by atoms with Crippen LogP contribution in [-0.4, -0.2) is 54.4 Å². The van der Waals surface area contributed by atoms with E-state index in [1.165, 1.54) is 72.0 Å². The lowest BCUT2D eigenvalue weighted by Gasteiger charge is -2.42. The van der Waals surface area contributed by atoms with Crippen LogP contribution in [-0.2, 0) is 43.1 Å². The molecule has 0 bridgehead atoms.